The van der Waals surface area contributed by atoms with Crippen molar-refractivity contribution in [1.82, 2.24) is 0 Å². The Labute approximate surface area is 114 Å². The second-order valence-corrected chi connectivity index (χ2v) is 5.18. The highest BCUT2D eigenvalue weighted by Crippen LogP contribution is 2.20. The minimum absolute atomic E-state index is 0.166. The number of carbonyl (C=O) groups is 1. The first-order valence-corrected chi connectivity index (χ1v) is 6.19. The van der Waals surface area contributed by atoms with E-state index in [9.17, 15) is 4.79 Å². The summed E-state index contributed by atoms with van der Waals surface area (Å²) in [6.07, 6.45) is 0. The third-order valence-electron chi connectivity index (χ3n) is 2.43. The molecule has 0 saturated heterocycles. The number of carbonyl (C=O) groups excluding carboxylic acids is 1. The van der Waals surface area contributed by atoms with Gasteiger partial charge in [-0.25, -0.2) is 4.79 Å². The van der Waals surface area contributed by atoms with Gasteiger partial charge in [-0.15, -0.1) is 0 Å². The fourth-order valence-corrected chi connectivity index (χ4v) is 1.50. The molecule has 0 atom stereocenters. The summed E-state index contributed by atoms with van der Waals surface area (Å²) in [6.45, 7) is 7.18. The van der Waals surface area contributed by atoms with E-state index in [2.05, 4.69) is 10.1 Å². The lowest BCUT2D eigenvalue weighted by atomic mass is 10.1. The van der Waals surface area contributed by atoms with E-state index in [0.717, 1.165) is 0 Å². The van der Waals surface area contributed by atoms with Crippen molar-refractivity contribution in [2.75, 3.05) is 31.3 Å². The third kappa shape index (κ3) is 5.18. The van der Waals surface area contributed by atoms with E-state index in [1.165, 1.54) is 7.11 Å². The molecule has 0 radical (unpaired) electrons. The van der Waals surface area contributed by atoms with Crippen LogP contribution in [0.25, 0.3) is 0 Å². The molecular weight excluding hydrogens is 244 g/mol. The number of anilines is 2. The molecule has 3 N–H and O–H groups in total. The maximum atomic E-state index is 11.4. The van der Waals surface area contributed by atoms with Crippen LogP contribution in [0.4, 0.5) is 11.4 Å². The molecule has 0 unspecified atom stereocenters. The van der Waals surface area contributed by atoms with Gasteiger partial charge < -0.3 is 20.5 Å². The molecule has 0 spiro atoms. The van der Waals surface area contributed by atoms with Crippen molar-refractivity contribution in [3.05, 3.63) is 23.8 Å². The number of rotatable bonds is 5. The van der Waals surface area contributed by atoms with Gasteiger partial charge in [0.25, 0.3) is 0 Å². The van der Waals surface area contributed by atoms with E-state index in [0.29, 0.717) is 30.1 Å². The summed E-state index contributed by atoms with van der Waals surface area (Å²) in [4.78, 5) is 11.4. The van der Waals surface area contributed by atoms with E-state index < -0.39 is 0 Å². The van der Waals surface area contributed by atoms with Gasteiger partial charge in [0, 0.05) is 6.54 Å². The topological polar surface area (TPSA) is 73.6 Å². The standard InChI is InChI=1S/C14H22N2O3/c1-14(2,3)19-8-7-16-12-9-10(13(17)18-4)5-6-11(12)15/h5-6,9,16H,7-8,15H2,1-4H3. The summed E-state index contributed by atoms with van der Waals surface area (Å²) in [6, 6.07) is 5.00. The Kier molecular flexibility index (Phi) is 5.18. The van der Waals surface area contributed by atoms with Crippen LogP contribution >= 0.6 is 0 Å². The Morgan fingerprint density at radius 3 is 2.63 bits per heavy atom. The molecule has 5 heteroatoms. The normalized spacial score (nSPS) is 11.2. The highest BCUT2D eigenvalue weighted by Gasteiger charge is 2.10. The van der Waals surface area contributed by atoms with Gasteiger partial charge in [-0.05, 0) is 39.0 Å². The predicted molar refractivity (Wildman–Crippen MR) is 76.4 cm³/mol. The molecule has 0 bridgehead atoms. The molecule has 1 aromatic rings. The monoisotopic (exact) mass is 266 g/mol. The Balaban J connectivity index is 2.60. The lowest BCUT2D eigenvalue weighted by Gasteiger charge is -2.20. The summed E-state index contributed by atoms with van der Waals surface area (Å²) >= 11 is 0. The Morgan fingerprint density at radius 1 is 1.37 bits per heavy atom. The SMILES string of the molecule is COC(=O)c1ccc(N)c(NCCOC(C)(C)C)c1. The average Bonchev–Trinajstić information content (AvgIpc) is 2.34. The van der Waals surface area contributed by atoms with Crippen molar-refractivity contribution < 1.29 is 14.3 Å². The molecule has 0 saturated carbocycles. The van der Waals surface area contributed by atoms with Crippen molar-refractivity contribution >= 4 is 17.3 Å². The van der Waals surface area contributed by atoms with E-state index >= 15 is 0 Å². The molecule has 0 heterocycles. The largest absolute Gasteiger partial charge is 0.465 e. The summed E-state index contributed by atoms with van der Waals surface area (Å²) in [7, 11) is 1.35. The molecular formula is C14H22N2O3. The smallest absolute Gasteiger partial charge is 0.337 e. The molecule has 106 valence electrons. The number of hydrogen-bond acceptors (Lipinski definition) is 5. The van der Waals surface area contributed by atoms with Gasteiger partial charge in [-0.1, -0.05) is 0 Å². The van der Waals surface area contributed by atoms with Crippen LogP contribution < -0.4 is 11.1 Å². The van der Waals surface area contributed by atoms with E-state index in [1.807, 2.05) is 20.8 Å². The van der Waals surface area contributed by atoms with Gasteiger partial charge in [-0.3, -0.25) is 0 Å². The quantitative estimate of drug-likeness (QED) is 0.486. The minimum Gasteiger partial charge on any atom is -0.465 e. The maximum Gasteiger partial charge on any atom is 0.337 e. The first-order chi connectivity index (χ1) is 8.83. The zero-order valence-electron chi connectivity index (χ0n) is 11.9. The van der Waals surface area contributed by atoms with Crippen molar-refractivity contribution in [2.24, 2.45) is 0 Å². The first kappa shape index (κ1) is 15.3. The number of hydrogen-bond donors (Lipinski definition) is 2. The first-order valence-electron chi connectivity index (χ1n) is 6.19. The Hall–Kier alpha value is -1.75. The number of nitrogen functional groups attached to an aromatic ring is 1. The van der Waals surface area contributed by atoms with Crippen LogP contribution in [0.2, 0.25) is 0 Å². The second kappa shape index (κ2) is 6.43. The number of nitrogens with two attached hydrogens (primary N) is 1. The summed E-state index contributed by atoms with van der Waals surface area (Å²) in [5, 5.41) is 3.15. The lowest BCUT2D eigenvalue weighted by molar-refractivity contribution is 0.00334. The number of esters is 1. The summed E-state index contributed by atoms with van der Waals surface area (Å²) in [5.41, 5.74) is 7.44. The predicted octanol–water partition coefficient (Wildman–Crippen LogP) is 2.28. The molecule has 5 nitrogen and oxygen atoms in total. The summed E-state index contributed by atoms with van der Waals surface area (Å²) < 4.78 is 10.3. The Morgan fingerprint density at radius 2 is 2.05 bits per heavy atom. The van der Waals surface area contributed by atoms with Crippen LogP contribution in [0, 0.1) is 0 Å². The van der Waals surface area contributed by atoms with Crippen molar-refractivity contribution in [3.8, 4) is 0 Å². The lowest BCUT2D eigenvalue weighted by Crippen LogP contribution is -2.23. The van der Waals surface area contributed by atoms with Crippen LogP contribution in [0.5, 0.6) is 0 Å². The Bertz CT molecular complexity index is 439. The minimum atomic E-state index is -0.381. The molecule has 1 rings (SSSR count). The fourth-order valence-electron chi connectivity index (χ4n) is 1.50. The van der Waals surface area contributed by atoms with Crippen LogP contribution in [-0.2, 0) is 9.47 Å². The fraction of sp³-hybridized carbons (Fsp3) is 0.500. The molecule has 0 amide bonds. The highest BCUT2D eigenvalue weighted by molar-refractivity contribution is 5.91. The van der Waals surface area contributed by atoms with Crippen LogP contribution in [-0.4, -0.2) is 31.8 Å². The van der Waals surface area contributed by atoms with Crippen LogP contribution in [0.3, 0.4) is 0 Å². The maximum absolute atomic E-state index is 11.4. The van der Waals surface area contributed by atoms with Crippen LogP contribution in [0.15, 0.2) is 18.2 Å². The van der Waals surface area contributed by atoms with Gasteiger partial charge in [-0.2, -0.15) is 0 Å². The van der Waals surface area contributed by atoms with Gasteiger partial charge in [0.1, 0.15) is 0 Å². The molecule has 0 fully saturated rings. The number of ether oxygens (including phenoxy) is 2. The van der Waals surface area contributed by atoms with Gasteiger partial charge >= 0.3 is 5.97 Å². The summed E-state index contributed by atoms with van der Waals surface area (Å²) in [5.74, 6) is -0.381. The molecule has 0 aliphatic heterocycles. The molecule has 0 aliphatic rings. The van der Waals surface area contributed by atoms with Gasteiger partial charge in [0.05, 0.1) is 36.3 Å². The van der Waals surface area contributed by atoms with Crippen molar-refractivity contribution in [2.45, 2.75) is 26.4 Å². The molecule has 0 aromatic heterocycles. The van der Waals surface area contributed by atoms with Gasteiger partial charge in [0.2, 0.25) is 0 Å². The van der Waals surface area contributed by atoms with E-state index in [1.54, 1.807) is 18.2 Å². The second-order valence-electron chi connectivity index (χ2n) is 5.18. The van der Waals surface area contributed by atoms with Crippen molar-refractivity contribution in [1.29, 1.82) is 0 Å². The van der Waals surface area contributed by atoms with E-state index in [4.69, 9.17) is 10.5 Å². The highest BCUT2D eigenvalue weighted by atomic mass is 16.5. The zero-order valence-corrected chi connectivity index (χ0v) is 11.9. The zero-order chi connectivity index (χ0) is 14.5. The molecule has 19 heavy (non-hydrogen) atoms. The molecule has 1 aromatic carbocycles. The van der Waals surface area contributed by atoms with Crippen LogP contribution in [0.1, 0.15) is 31.1 Å². The average molecular weight is 266 g/mol. The number of nitrogens with one attached hydrogen (secondary N) is 1. The third-order valence-corrected chi connectivity index (χ3v) is 2.43. The van der Waals surface area contributed by atoms with E-state index in [-0.39, 0.29) is 11.6 Å². The number of methoxy groups -OCH3 is 1. The number of benzene rings is 1. The molecule has 0 aliphatic carbocycles. The van der Waals surface area contributed by atoms with Crippen molar-refractivity contribution in [3.63, 3.8) is 0 Å². The van der Waals surface area contributed by atoms with Gasteiger partial charge in [0.15, 0.2) is 0 Å².